The number of aliphatic hydroxyl groups is 1. The van der Waals surface area contributed by atoms with Crippen molar-refractivity contribution in [2.75, 3.05) is 12.3 Å². The minimum absolute atomic E-state index is 0.102. The maximum absolute atomic E-state index is 12.7. The zero-order chi connectivity index (χ0) is 17.8. The highest BCUT2D eigenvalue weighted by Crippen LogP contribution is 2.23. The first-order chi connectivity index (χ1) is 12.1. The molecule has 1 atom stereocenters. The van der Waals surface area contributed by atoms with Gasteiger partial charge in [-0.3, -0.25) is 9.48 Å². The molecule has 2 aromatic heterocycles. The molecule has 0 unspecified atom stereocenters. The molecule has 0 radical (unpaired) electrons. The Morgan fingerprint density at radius 2 is 2.28 bits per heavy atom. The van der Waals surface area contributed by atoms with Gasteiger partial charge in [0.1, 0.15) is 4.34 Å². The lowest BCUT2D eigenvalue weighted by atomic mass is 10.2. The van der Waals surface area contributed by atoms with Crippen LogP contribution in [0.25, 0.3) is 0 Å². The molecule has 6 nitrogen and oxygen atoms in total. The van der Waals surface area contributed by atoms with Gasteiger partial charge in [0.2, 0.25) is 5.91 Å². The number of thioether (sulfide) groups is 1. The summed E-state index contributed by atoms with van der Waals surface area (Å²) in [6.45, 7) is 6.09. The van der Waals surface area contributed by atoms with E-state index in [1.807, 2.05) is 28.0 Å². The standard InChI is InChI=1S/C17H24N4O2S2/c1-3-15(22)14-9-13-10-20(6-5-7-21(13)19-14)16(23)8-12-11-25-17(18-12)24-4-2/h9,11,15,22H,3-8,10H2,1-2H3/t15-/m0/s1. The highest BCUT2D eigenvalue weighted by molar-refractivity contribution is 8.00. The second-order valence-electron chi connectivity index (χ2n) is 6.09. The normalized spacial score (nSPS) is 15.7. The van der Waals surface area contributed by atoms with Crippen LogP contribution in [-0.4, -0.2) is 43.0 Å². The molecule has 3 heterocycles. The lowest BCUT2D eigenvalue weighted by Crippen LogP contribution is -2.32. The van der Waals surface area contributed by atoms with Crippen LogP contribution in [0.4, 0.5) is 0 Å². The molecule has 0 fully saturated rings. The number of carbonyl (C=O) groups excluding carboxylic acids is 1. The molecule has 8 heteroatoms. The predicted octanol–water partition coefficient (Wildman–Crippen LogP) is 2.87. The van der Waals surface area contributed by atoms with Crippen molar-refractivity contribution < 1.29 is 9.90 Å². The third-order valence-electron chi connectivity index (χ3n) is 4.24. The van der Waals surface area contributed by atoms with Gasteiger partial charge >= 0.3 is 0 Å². The minimum atomic E-state index is -0.534. The molecule has 0 saturated carbocycles. The van der Waals surface area contributed by atoms with Gasteiger partial charge < -0.3 is 10.0 Å². The van der Waals surface area contributed by atoms with Crippen molar-refractivity contribution in [3.8, 4) is 0 Å². The predicted molar refractivity (Wildman–Crippen MR) is 99.7 cm³/mol. The van der Waals surface area contributed by atoms with Crippen molar-refractivity contribution in [1.29, 1.82) is 0 Å². The Morgan fingerprint density at radius 3 is 3.04 bits per heavy atom. The van der Waals surface area contributed by atoms with E-state index in [4.69, 9.17) is 0 Å². The van der Waals surface area contributed by atoms with E-state index in [2.05, 4.69) is 17.0 Å². The first kappa shape index (κ1) is 18.4. The van der Waals surface area contributed by atoms with Crippen LogP contribution in [0, 0.1) is 0 Å². The number of carbonyl (C=O) groups is 1. The van der Waals surface area contributed by atoms with Gasteiger partial charge in [-0.25, -0.2) is 4.98 Å². The summed E-state index contributed by atoms with van der Waals surface area (Å²) in [6.07, 6.45) is 1.32. The largest absolute Gasteiger partial charge is 0.387 e. The molecule has 2 aromatic rings. The Kier molecular flexibility index (Phi) is 6.14. The zero-order valence-electron chi connectivity index (χ0n) is 14.6. The lowest BCUT2D eigenvalue weighted by molar-refractivity contribution is -0.131. The molecule has 1 aliphatic rings. The molecular weight excluding hydrogens is 356 g/mol. The van der Waals surface area contributed by atoms with Crippen molar-refractivity contribution in [2.45, 2.75) is 56.6 Å². The summed E-state index contributed by atoms with van der Waals surface area (Å²) in [7, 11) is 0. The maximum Gasteiger partial charge on any atom is 0.228 e. The van der Waals surface area contributed by atoms with Crippen LogP contribution in [0.2, 0.25) is 0 Å². The third-order valence-corrected chi connectivity index (χ3v) is 6.20. The fourth-order valence-electron chi connectivity index (χ4n) is 2.90. The van der Waals surface area contributed by atoms with Gasteiger partial charge in [-0.15, -0.1) is 11.3 Å². The average molecular weight is 381 g/mol. The van der Waals surface area contributed by atoms with E-state index in [0.717, 1.165) is 41.0 Å². The number of aliphatic hydroxyl groups excluding tert-OH is 1. The second kappa shape index (κ2) is 8.33. The van der Waals surface area contributed by atoms with Crippen LogP contribution < -0.4 is 0 Å². The highest BCUT2D eigenvalue weighted by atomic mass is 32.2. The van der Waals surface area contributed by atoms with Gasteiger partial charge in [-0.2, -0.15) is 5.10 Å². The van der Waals surface area contributed by atoms with Crippen molar-refractivity contribution in [3.63, 3.8) is 0 Å². The third kappa shape index (κ3) is 4.43. The first-order valence-electron chi connectivity index (χ1n) is 8.70. The van der Waals surface area contributed by atoms with Gasteiger partial charge in [0.05, 0.1) is 36.2 Å². The van der Waals surface area contributed by atoms with Gasteiger partial charge in [-0.05, 0) is 24.7 Å². The number of amides is 1. The van der Waals surface area contributed by atoms with E-state index < -0.39 is 6.10 Å². The monoisotopic (exact) mass is 380 g/mol. The molecule has 0 bridgehead atoms. The molecule has 136 valence electrons. The molecular formula is C17H24N4O2S2. The van der Waals surface area contributed by atoms with Crippen LogP contribution >= 0.6 is 23.1 Å². The highest BCUT2D eigenvalue weighted by Gasteiger charge is 2.22. The van der Waals surface area contributed by atoms with Crippen LogP contribution in [0.1, 0.15) is 49.9 Å². The fraction of sp³-hybridized carbons (Fsp3) is 0.588. The van der Waals surface area contributed by atoms with Crippen LogP contribution in [0.15, 0.2) is 15.8 Å². The Labute approximate surface area is 156 Å². The molecule has 1 amide bonds. The smallest absolute Gasteiger partial charge is 0.228 e. The number of fused-ring (bicyclic) bond motifs is 1. The maximum atomic E-state index is 12.7. The van der Waals surface area contributed by atoms with Crippen molar-refractivity contribution in [1.82, 2.24) is 19.7 Å². The van der Waals surface area contributed by atoms with Gasteiger partial charge in [0, 0.05) is 18.5 Å². The quantitative estimate of drug-likeness (QED) is 0.780. The van der Waals surface area contributed by atoms with E-state index in [1.54, 1.807) is 23.1 Å². The van der Waals surface area contributed by atoms with Crippen molar-refractivity contribution in [2.24, 2.45) is 0 Å². The molecule has 1 aliphatic heterocycles. The van der Waals surface area contributed by atoms with Gasteiger partial charge in [0.15, 0.2) is 0 Å². The van der Waals surface area contributed by atoms with Crippen molar-refractivity contribution in [3.05, 3.63) is 28.5 Å². The Hall–Kier alpha value is -1.38. The number of thiazole rings is 1. The van der Waals surface area contributed by atoms with Crippen LogP contribution in [0.3, 0.4) is 0 Å². The topological polar surface area (TPSA) is 71.2 Å². The number of nitrogens with zero attached hydrogens (tertiary/aromatic N) is 4. The second-order valence-corrected chi connectivity index (χ2v) is 8.46. The molecule has 0 spiro atoms. The molecule has 25 heavy (non-hydrogen) atoms. The summed E-state index contributed by atoms with van der Waals surface area (Å²) in [5.41, 5.74) is 2.55. The number of aryl methyl sites for hydroxylation is 1. The van der Waals surface area contributed by atoms with Gasteiger partial charge in [0.25, 0.3) is 0 Å². The Morgan fingerprint density at radius 1 is 1.44 bits per heavy atom. The summed E-state index contributed by atoms with van der Waals surface area (Å²) in [5, 5.41) is 16.5. The van der Waals surface area contributed by atoms with E-state index in [-0.39, 0.29) is 5.91 Å². The average Bonchev–Trinajstić information content (AvgIpc) is 3.16. The Bertz CT molecular complexity index is 728. The molecule has 3 rings (SSSR count). The van der Waals surface area contributed by atoms with E-state index in [1.165, 1.54) is 0 Å². The SMILES string of the molecule is CCSc1nc(CC(=O)N2CCCn3nc([C@@H](O)CC)cc3C2)cs1. The van der Waals surface area contributed by atoms with Gasteiger partial charge in [-0.1, -0.05) is 25.6 Å². The number of hydrogen-bond donors (Lipinski definition) is 1. The number of rotatable bonds is 6. The van der Waals surface area contributed by atoms with Crippen LogP contribution in [0.5, 0.6) is 0 Å². The zero-order valence-corrected chi connectivity index (χ0v) is 16.3. The van der Waals surface area contributed by atoms with E-state index >= 15 is 0 Å². The van der Waals surface area contributed by atoms with E-state index in [0.29, 0.717) is 25.1 Å². The molecule has 1 N–H and O–H groups in total. The number of aromatic nitrogens is 3. The van der Waals surface area contributed by atoms with Crippen LogP contribution in [-0.2, 0) is 24.3 Å². The summed E-state index contributed by atoms with van der Waals surface area (Å²) >= 11 is 3.31. The van der Waals surface area contributed by atoms with E-state index in [9.17, 15) is 9.90 Å². The summed E-state index contributed by atoms with van der Waals surface area (Å²) < 4.78 is 2.96. The molecule has 0 aromatic carbocycles. The summed E-state index contributed by atoms with van der Waals surface area (Å²) in [6, 6.07) is 1.93. The minimum Gasteiger partial charge on any atom is -0.387 e. The summed E-state index contributed by atoms with van der Waals surface area (Å²) in [4.78, 5) is 19.1. The number of hydrogen-bond acceptors (Lipinski definition) is 6. The first-order valence-corrected chi connectivity index (χ1v) is 10.6. The molecule has 0 aliphatic carbocycles. The lowest BCUT2D eigenvalue weighted by Gasteiger charge is -2.19. The summed E-state index contributed by atoms with van der Waals surface area (Å²) in [5.74, 6) is 1.09. The van der Waals surface area contributed by atoms with Crippen molar-refractivity contribution >= 4 is 29.0 Å². The Balaban J connectivity index is 1.67. The fourth-order valence-corrected chi connectivity index (χ4v) is 4.64. The molecule has 0 saturated heterocycles.